The first-order valence-electron chi connectivity index (χ1n) is 5.76. The van der Waals surface area contributed by atoms with E-state index in [1.807, 2.05) is 0 Å². The zero-order valence-electron chi connectivity index (χ0n) is 9.70. The van der Waals surface area contributed by atoms with E-state index in [1.165, 1.54) is 0 Å². The fourth-order valence-corrected chi connectivity index (χ4v) is 1.93. The van der Waals surface area contributed by atoms with E-state index in [-0.39, 0.29) is 12.1 Å². The largest absolute Gasteiger partial charge is 0.377 e. The summed E-state index contributed by atoms with van der Waals surface area (Å²) in [6.07, 6.45) is 2.45. The maximum Gasteiger partial charge on any atom is 0.0750 e. The van der Waals surface area contributed by atoms with Gasteiger partial charge in [0.1, 0.15) is 0 Å². The Kier molecular flexibility index (Phi) is 4.85. The van der Waals surface area contributed by atoms with Gasteiger partial charge in [0, 0.05) is 31.8 Å². The fourth-order valence-electron chi connectivity index (χ4n) is 1.93. The van der Waals surface area contributed by atoms with Crippen molar-refractivity contribution >= 4 is 0 Å². The highest BCUT2D eigenvalue weighted by molar-refractivity contribution is 4.85. The van der Waals surface area contributed by atoms with Gasteiger partial charge < -0.3 is 10.5 Å². The van der Waals surface area contributed by atoms with Gasteiger partial charge in [-0.25, -0.2) is 0 Å². The second-order valence-corrected chi connectivity index (χ2v) is 4.45. The Morgan fingerprint density at radius 3 is 2.71 bits per heavy atom. The van der Waals surface area contributed by atoms with Gasteiger partial charge in [0.25, 0.3) is 0 Å². The molecule has 0 aromatic heterocycles. The number of hydrogen-bond donors (Lipinski definition) is 1. The number of hydrogen-bond acceptors (Lipinski definition) is 3. The molecule has 1 rings (SSSR count). The summed E-state index contributed by atoms with van der Waals surface area (Å²) in [6, 6.07) is 0.797. The molecule has 1 aliphatic heterocycles. The van der Waals surface area contributed by atoms with Gasteiger partial charge in [-0.3, -0.25) is 4.90 Å². The third-order valence-corrected chi connectivity index (χ3v) is 2.89. The van der Waals surface area contributed by atoms with Crippen LogP contribution >= 0.6 is 0 Å². The van der Waals surface area contributed by atoms with Gasteiger partial charge in [-0.15, -0.1) is 0 Å². The minimum atomic E-state index is 0.192. The van der Waals surface area contributed by atoms with E-state index in [2.05, 4.69) is 25.7 Å². The van der Waals surface area contributed by atoms with E-state index in [4.69, 9.17) is 10.5 Å². The smallest absolute Gasteiger partial charge is 0.0750 e. The van der Waals surface area contributed by atoms with Crippen LogP contribution in [0.3, 0.4) is 0 Å². The number of ether oxygens (including phenoxy) is 1. The summed E-state index contributed by atoms with van der Waals surface area (Å²) in [5.74, 6) is 0. The van der Waals surface area contributed by atoms with Crippen molar-refractivity contribution < 1.29 is 4.74 Å². The van der Waals surface area contributed by atoms with Gasteiger partial charge in [-0.05, 0) is 26.7 Å². The van der Waals surface area contributed by atoms with Crippen LogP contribution in [-0.2, 0) is 4.74 Å². The van der Waals surface area contributed by atoms with Crippen molar-refractivity contribution in [2.24, 2.45) is 5.73 Å². The predicted molar refractivity (Wildman–Crippen MR) is 59.3 cm³/mol. The molecule has 0 spiro atoms. The number of piperidine rings is 1. The second kappa shape index (κ2) is 5.69. The molecule has 84 valence electrons. The van der Waals surface area contributed by atoms with E-state index < -0.39 is 0 Å². The van der Waals surface area contributed by atoms with Crippen LogP contribution in [0.2, 0.25) is 0 Å². The second-order valence-electron chi connectivity index (χ2n) is 4.45. The summed E-state index contributed by atoms with van der Waals surface area (Å²) in [4.78, 5) is 2.43. The van der Waals surface area contributed by atoms with E-state index in [1.54, 1.807) is 0 Å². The average molecular weight is 200 g/mol. The minimum absolute atomic E-state index is 0.192. The number of likely N-dealkylation sites (tertiary alicyclic amines) is 1. The molecule has 0 aromatic carbocycles. The summed E-state index contributed by atoms with van der Waals surface area (Å²) in [7, 11) is 0. The first kappa shape index (κ1) is 12.0. The molecule has 0 unspecified atom stereocenters. The zero-order chi connectivity index (χ0) is 10.6. The summed E-state index contributed by atoms with van der Waals surface area (Å²) in [5, 5.41) is 0. The third kappa shape index (κ3) is 3.23. The third-order valence-electron chi connectivity index (χ3n) is 2.89. The lowest BCUT2D eigenvalue weighted by Gasteiger charge is -2.38. The fraction of sp³-hybridized carbons (Fsp3) is 1.00. The highest BCUT2D eigenvalue weighted by Crippen LogP contribution is 2.15. The SMILES string of the molecule is CCCO[C@@H]1CCN(C(C)C)C[C@@H]1N. The molecule has 1 fully saturated rings. The lowest BCUT2D eigenvalue weighted by atomic mass is 10.0. The molecule has 0 bridgehead atoms. The highest BCUT2D eigenvalue weighted by Gasteiger charge is 2.27. The molecular weight excluding hydrogens is 176 g/mol. The highest BCUT2D eigenvalue weighted by atomic mass is 16.5. The van der Waals surface area contributed by atoms with Crippen molar-refractivity contribution in [3.63, 3.8) is 0 Å². The summed E-state index contributed by atoms with van der Waals surface area (Å²) < 4.78 is 5.72. The maximum absolute atomic E-state index is 6.08. The van der Waals surface area contributed by atoms with Crippen LogP contribution in [0.1, 0.15) is 33.6 Å². The van der Waals surface area contributed by atoms with Crippen molar-refractivity contribution in [2.45, 2.75) is 51.8 Å². The molecule has 1 aliphatic rings. The molecule has 14 heavy (non-hydrogen) atoms. The molecular formula is C11H24N2O. The molecule has 0 radical (unpaired) electrons. The van der Waals surface area contributed by atoms with Gasteiger partial charge in [0.15, 0.2) is 0 Å². The Hall–Kier alpha value is -0.120. The summed E-state index contributed by atoms with van der Waals surface area (Å²) in [6.45, 7) is 9.53. The van der Waals surface area contributed by atoms with Crippen LogP contribution in [0.25, 0.3) is 0 Å². The first-order chi connectivity index (χ1) is 6.65. The van der Waals surface area contributed by atoms with Crippen LogP contribution in [0.4, 0.5) is 0 Å². The quantitative estimate of drug-likeness (QED) is 0.741. The Bertz CT molecular complexity index is 161. The van der Waals surface area contributed by atoms with E-state index >= 15 is 0 Å². The predicted octanol–water partition coefficient (Wildman–Crippen LogP) is 1.22. The molecule has 0 amide bonds. The molecule has 0 aromatic rings. The van der Waals surface area contributed by atoms with E-state index in [0.717, 1.165) is 32.5 Å². The van der Waals surface area contributed by atoms with Crippen molar-refractivity contribution in [2.75, 3.05) is 19.7 Å². The van der Waals surface area contributed by atoms with Crippen molar-refractivity contribution in [1.29, 1.82) is 0 Å². The van der Waals surface area contributed by atoms with Crippen molar-refractivity contribution in [1.82, 2.24) is 4.90 Å². The molecule has 1 saturated heterocycles. The van der Waals surface area contributed by atoms with Crippen molar-refractivity contribution in [3.8, 4) is 0 Å². The topological polar surface area (TPSA) is 38.5 Å². The molecule has 2 atom stereocenters. The molecule has 1 heterocycles. The Morgan fingerprint density at radius 1 is 1.50 bits per heavy atom. The molecule has 3 heteroatoms. The maximum atomic E-state index is 6.08. The first-order valence-corrected chi connectivity index (χ1v) is 5.76. The van der Waals surface area contributed by atoms with Crippen molar-refractivity contribution in [3.05, 3.63) is 0 Å². The van der Waals surface area contributed by atoms with Crippen LogP contribution in [-0.4, -0.2) is 42.8 Å². The van der Waals surface area contributed by atoms with Gasteiger partial charge in [0.2, 0.25) is 0 Å². The molecule has 2 N–H and O–H groups in total. The Labute approximate surface area is 87.6 Å². The lowest BCUT2D eigenvalue weighted by Crippen LogP contribution is -2.54. The average Bonchev–Trinajstić information content (AvgIpc) is 2.15. The van der Waals surface area contributed by atoms with Crippen LogP contribution in [0, 0.1) is 0 Å². The summed E-state index contributed by atoms with van der Waals surface area (Å²) >= 11 is 0. The van der Waals surface area contributed by atoms with Gasteiger partial charge in [0.05, 0.1) is 6.10 Å². The van der Waals surface area contributed by atoms with Crippen LogP contribution in [0.5, 0.6) is 0 Å². The lowest BCUT2D eigenvalue weighted by molar-refractivity contribution is -0.0123. The van der Waals surface area contributed by atoms with Gasteiger partial charge in [-0.1, -0.05) is 6.92 Å². The van der Waals surface area contributed by atoms with Crippen LogP contribution < -0.4 is 5.73 Å². The molecule has 3 nitrogen and oxygen atoms in total. The van der Waals surface area contributed by atoms with E-state index in [0.29, 0.717) is 6.04 Å². The van der Waals surface area contributed by atoms with Gasteiger partial charge >= 0.3 is 0 Å². The summed E-state index contributed by atoms with van der Waals surface area (Å²) in [5.41, 5.74) is 6.08. The number of nitrogens with zero attached hydrogens (tertiary/aromatic N) is 1. The Morgan fingerprint density at radius 2 is 2.21 bits per heavy atom. The van der Waals surface area contributed by atoms with Crippen LogP contribution in [0.15, 0.2) is 0 Å². The Balaban J connectivity index is 2.32. The number of nitrogens with two attached hydrogens (primary N) is 1. The number of rotatable bonds is 4. The minimum Gasteiger partial charge on any atom is -0.377 e. The van der Waals surface area contributed by atoms with E-state index in [9.17, 15) is 0 Å². The monoisotopic (exact) mass is 200 g/mol. The van der Waals surface area contributed by atoms with Gasteiger partial charge in [-0.2, -0.15) is 0 Å². The standard InChI is InChI=1S/C11H24N2O/c1-4-7-14-11-5-6-13(9(2)3)8-10(11)12/h9-11H,4-8,12H2,1-3H3/t10-,11+/m0/s1. The normalized spacial score (nSPS) is 29.8. The molecule has 0 aliphatic carbocycles. The molecule has 0 saturated carbocycles. The zero-order valence-corrected chi connectivity index (χ0v) is 9.70.